The molecule has 0 aromatic carbocycles. The maximum Gasteiger partial charge on any atom is 0.226 e. The molecule has 0 aliphatic heterocycles. The van der Waals surface area contributed by atoms with Crippen LogP contribution in [0.25, 0.3) is 0 Å². The fourth-order valence-corrected chi connectivity index (χ4v) is 1.16. The lowest BCUT2D eigenvalue weighted by molar-refractivity contribution is 0.397. The average molecular weight is 205 g/mol. The molecule has 0 radical (unpaired) electrons. The minimum Gasteiger partial charge on any atom is -0.481 e. The molecule has 0 saturated carbocycles. The van der Waals surface area contributed by atoms with Crippen LogP contribution in [0, 0.1) is 19.3 Å². The predicted octanol–water partition coefficient (Wildman–Crippen LogP) is 1.62. The van der Waals surface area contributed by atoms with Gasteiger partial charge < -0.3 is 10.1 Å². The molecule has 1 heterocycles. The lowest BCUT2D eigenvalue weighted by Gasteiger charge is -2.11. The predicted molar refractivity (Wildman–Crippen MR) is 59.9 cm³/mol. The van der Waals surface area contributed by atoms with Crippen LogP contribution in [0.5, 0.6) is 5.88 Å². The van der Waals surface area contributed by atoms with Crippen molar-refractivity contribution in [1.29, 1.82) is 0 Å². The zero-order chi connectivity index (χ0) is 11.3. The second-order valence-corrected chi connectivity index (χ2v) is 3.33. The summed E-state index contributed by atoms with van der Waals surface area (Å²) in [4.78, 5) is 8.39. The van der Waals surface area contributed by atoms with Gasteiger partial charge in [-0.3, -0.25) is 0 Å². The van der Waals surface area contributed by atoms with Crippen LogP contribution in [0.2, 0.25) is 0 Å². The van der Waals surface area contributed by atoms with Crippen molar-refractivity contribution in [2.45, 2.75) is 26.3 Å². The van der Waals surface area contributed by atoms with Crippen molar-refractivity contribution in [3.63, 3.8) is 0 Å². The fraction of sp³-hybridized carbons (Fsp3) is 0.455. The van der Waals surface area contributed by atoms with E-state index in [4.69, 9.17) is 11.2 Å². The third kappa shape index (κ3) is 3.47. The number of anilines is 1. The SMILES string of the molecule is C#CCC(C)Nc1nc(C)cc(OC)n1. The highest BCUT2D eigenvalue weighted by atomic mass is 16.5. The molecule has 4 nitrogen and oxygen atoms in total. The van der Waals surface area contributed by atoms with Crippen molar-refractivity contribution in [1.82, 2.24) is 9.97 Å². The number of methoxy groups -OCH3 is 1. The number of nitrogens with zero attached hydrogens (tertiary/aromatic N) is 2. The number of nitrogens with one attached hydrogen (secondary N) is 1. The zero-order valence-corrected chi connectivity index (χ0v) is 9.24. The largest absolute Gasteiger partial charge is 0.481 e. The molecule has 0 aliphatic carbocycles. The summed E-state index contributed by atoms with van der Waals surface area (Å²) in [7, 11) is 1.58. The molecule has 0 amide bonds. The van der Waals surface area contributed by atoms with Gasteiger partial charge in [0.25, 0.3) is 0 Å². The molecule has 0 spiro atoms. The maximum absolute atomic E-state index is 5.21. The first kappa shape index (κ1) is 11.3. The Morgan fingerprint density at radius 3 is 2.93 bits per heavy atom. The van der Waals surface area contributed by atoms with Crippen molar-refractivity contribution >= 4 is 5.95 Å². The van der Waals surface area contributed by atoms with Crippen LogP contribution in [0.1, 0.15) is 19.0 Å². The Hall–Kier alpha value is -1.76. The molecule has 1 N–H and O–H groups in total. The summed E-state index contributed by atoms with van der Waals surface area (Å²) in [6, 6.07) is 1.93. The van der Waals surface area contributed by atoms with Gasteiger partial charge in [-0.15, -0.1) is 12.3 Å². The lowest BCUT2D eigenvalue weighted by atomic mass is 10.2. The minimum absolute atomic E-state index is 0.154. The van der Waals surface area contributed by atoms with Gasteiger partial charge in [0.15, 0.2) is 0 Å². The van der Waals surface area contributed by atoms with E-state index in [2.05, 4.69) is 21.2 Å². The molecule has 0 aliphatic rings. The first-order chi connectivity index (χ1) is 7.15. The summed E-state index contributed by atoms with van der Waals surface area (Å²) in [5, 5.41) is 3.11. The van der Waals surface area contributed by atoms with E-state index in [0.29, 0.717) is 18.2 Å². The molecule has 0 saturated heterocycles. The van der Waals surface area contributed by atoms with Gasteiger partial charge in [-0.05, 0) is 13.8 Å². The summed E-state index contributed by atoms with van der Waals surface area (Å²) in [5.41, 5.74) is 0.859. The van der Waals surface area contributed by atoms with Crippen LogP contribution in [0.3, 0.4) is 0 Å². The number of ether oxygens (including phenoxy) is 1. The minimum atomic E-state index is 0.154. The second kappa shape index (κ2) is 5.20. The van der Waals surface area contributed by atoms with Gasteiger partial charge >= 0.3 is 0 Å². The molecule has 1 atom stereocenters. The van der Waals surface area contributed by atoms with Gasteiger partial charge in [-0.1, -0.05) is 0 Å². The highest BCUT2D eigenvalue weighted by Gasteiger charge is 2.05. The molecule has 1 rings (SSSR count). The van der Waals surface area contributed by atoms with Crippen molar-refractivity contribution in [3.05, 3.63) is 11.8 Å². The quantitative estimate of drug-likeness (QED) is 0.759. The highest BCUT2D eigenvalue weighted by Crippen LogP contribution is 2.12. The summed E-state index contributed by atoms with van der Waals surface area (Å²) in [6.45, 7) is 3.87. The van der Waals surface area contributed by atoms with Crippen LogP contribution in [0.15, 0.2) is 6.07 Å². The molecular formula is C11H15N3O. The number of hydrogen-bond acceptors (Lipinski definition) is 4. The van der Waals surface area contributed by atoms with E-state index >= 15 is 0 Å². The lowest BCUT2D eigenvalue weighted by Crippen LogP contribution is -2.16. The topological polar surface area (TPSA) is 47.0 Å². The molecular weight excluding hydrogens is 190 g/mol. The standard InChI is InChI=1S/C11H15N3O/c1-5-6-8(2)12-11-13-9(3)7-10(14-11)15-4/h1,7-8H,6H2,2-4H3,(H,12,13,14). The molecule has 1 unspecified atom stereocenters. The first-order valence-electron chi connectivity index (χ1n) is 4.75. The van der Waals surface area contributed by atoms with E-state index in [9.17, 15) is 0 Å². The Kier molecular flexibility index (Phi) is 3.92. The number of terminal acetylenes is 1. The first-order valence-corrected chi connectivity index (χ1v) is 4.75. The summed E-state index contributed by atoms with van der Waals surface area (Å²) in [6.07, 6.45) is 5.85. The van der Waals surface area contributed by atoms with Crippen LogP contribution in [0.4, 0.5) is 5.95 Å². The van der Waals surface area contributed by atoms with Gasteiger partial charge in [0.05, 0.1) is 7.11 Å². The third-order valence-corrected chi connectivity index (χ3v) is 1.84. The van der Waals surface area contributed by atoms with E-state index in [0.717, 1.165) is 5.69 Å². The van der Waals surface area contributed by atoms with E-state index in [1.165, 1.54) is 0 Å². The molecule has 15 heavy (non-hydrogen) atoms. The van der Waals surface area contributed by atoms with Crippen LogP contribution < -0.4 is 10.1 Å². The Morgan fingerprint density at radius 2 is 2.33 bits per heavy atom. The van der Waals surface area contributed by atoms with Crippen molar-refractivity contribution in [2.75, 3.05) is 12.4 Å². The molecule has 1 aromatic heterocycles. The van der Waals surface area contributed by atoms with Crippen LogP contribution in [-0.4, -0.2) is 23.1 Å². The van der Waals surface area contributed by atoms with Crippen molar-refractivity contribution < 1.29 is 4.74 Å². The average Bonchev–Trinajstić information content (AvgIpc) is 2.17. The smallest absolute Gasteiger partial charge is 0.226 e. The van der Waals surface area contributed by atoms with Gasteiger partial charge in [0, 0.05) is 24.2 Å². The van der Waals surface area contributed by atoms with Gasteiger partial charge in [0.1, 0.15) is 0 Å². The van der Waals surface area contributed by atoms with Gasteiger partial charge in [-0.2, -0.15) is 4.98 Å². The molecule has 4 heteroatoms. The molecule has 0 fully saturated rings. The van der Waals surface area contributed by atoms with Crippen molar-refractivity contribution in [2.24, 2.45) is 0 Å². The summed E-state index contributed by atoms with van der Waals surface area (Å²) in [5.74, 6) is 3.69. The number of aryl methyl sites for hydroxylation is 1. The molecule has 0 bridgehead atoms. The summed E-state index contributed by atoms with van der Waals surface area (Å²) < 4.78 is 5.05. The monoisotopic (exact) mass is 205 g/mol. The highest BCUT2D eigenvalue weighted by molar-refractivity contribution is 5.31. The van der Waals surface area contributed by atoms with E-state index in [1.807, 2.05) is 13.8 Å². The number of aromatic nitrogens is 2. The van der Waals surface area contributed by atoms with Crippen molar-refractivity contribution in [3.8, 4) is 18.2 Å². The Morgan fingerprint density at radius 1 is 1.60 bits per heavy atom. The Bertz CT molecular complexity index is 371. The van der Waals surface area contributed by atoms with E-state index in [-0.39, 0.29) is 6.04 Å². The maximum atomic E-state index is 5.21. The Balaban J connectivity index is 2.77. The molecule has 1 aromatic rings. The number of hydrogen-bond donors (Lipinski definition) is 1. The van der Waals surface area contributed by atoms with E-state index in [1.54, 1.807) is 13.2 Å². The van der Waals surface area contributed by atoms with Crippen LogP contribution >= 0.6 is 0 Å². The zero-order valence-electron chi connectivity index (χ0n) is 9.24. The third-order valence-electron chi connectivity index (χ3n) is 1.84. The Labute approximate surface area is 90.1 Å². The van der Waals surface area contributed by atoms with Gasteiger partial charge in [-0.25, -0.2) is 4.98 Å². The summed E-state index contributed by atoms with van der Waals surface area (Å²) >= 11 is 0. The normalized spacial score (nSPS) is 11.6. The van der Waals surface area contributed by atoms with Gasteiger partial charge in [0.2, 0.25) is 11.8 Å². The van der Waals surface area contributed by atoms with E-state index < -0.39 is 0 Å². The van der Waals surface area contributed by atoms with Crippen LogP contribution in [-0.2, 0) is 0 Å². The molecule has 80 valence electrons. The number of rotatable bonds is 4. The second-order valence-electron chi connectivity index (χ2n) is 3.33. The fourth-order valence-electron chi connectivity index (χ4n) is 1.16.